The zero-order chi connectivity index (χ0) is 16.9. The number of aliphatic imine (C=N–C) groups is 1. The average Bonchev–Trinajstić information content (AvgIpc) is 2.98. The first-order valence-corrected chi connectivity index (χ1v) is 8.36. The third kappa shape index (κ3) is 8.62. The fourth-order valence-electron chi connectivity index (χ4n) is 1.97. The van der Waals surface area contributed by atoms with Gasteiger partial charge in [-0.15, -0.1) is 0 Å². The van der Waals surface area contributed by atoms with Gasteiger partial charge in [-0.05, 0) is 32.4 Å². The maximum absolute atomic E-state index is 5.60. The number of furan rings is 1. The molecule has 0 radical (unpaired) electrons. The maximum atomic E-state index is 5.60. The number of unbranched alkanes of at least 4 members (excludes halogenated alkanes) is 1. The summed E-state index contributed by atoms with van der Waals surface area (Å²) >= 11 is 0. The largest absolute Gasteiger partial charge is 0.464 e. The summed E-state index contributed by atoms with van der Waals surface area (Å²) in [5.74, 6) is 2.53. The number of hydrogen-bond donors (Lipinski definition) is 2. The van der Waals surface area contributed by atoms with E-state index in [0.717, 1.165) is 36.9 Å². The lowest BCUT2D eigenvalue weighted by Gasteiger charge is -2.16. The Kier molecular flexibility index (Phi) is 10.2. The predicted octanol–water partition coefficient (Wildman–Crippen LogP) is 2.65. The highest BCUT2D eigenvalue weighted by atomic mass is 16.5. The maximum Gasteiger partial charge on any atom is 0.191 e. The van der Waals surface area contributed by atoms with E-state index in [1.165, 1.54) is 0 Å². The van der Waals surface area contributed by atoms with Gasteiger partial charge in [0, 0.05) is 20.2 Å². The number of guanidine groups is 1. The molecule has 1 heterocycles. The van der Waals surface area contributed by atoms with Crippen LogP contribution in [0.5, 0.6) is 0 Å². The average molecular weight is 325 g/mol. The van der Waals surface area contributed by atoms with Crippen molar-refractivity contribution < 1.29 is 13.9 Å². The Morgan fingerprint density at radius 1 is 1.22 bits per heavy atom. The van der Waals surface area contributed by atoms with E-state index in [1.807, 2.05) is 26.0 Å². The lowest BCUT2D eigenvalue weighted by molar-refractivity contribution is 0.0487. The third-order valence-corrected chi connectivity index (χ3v) is 3.32. The lowest BCUT2D eigenvalue weighted by atomic mass is 10.2. The van der Waals surface area contributed by atoms with Gasteiger partial charge in [0.1, 0.15) is 11.5 Å². The van der Waals surface area contributed by atoms with Gasteiger partial charge in [0.2, 0.25) is 0 Å². The van der Waals surface area contributed by atoms with Gasteiger partial charge in [0.15, 0.2) is 5.96 Å². The second kappa shape index (κ2) is 12.0. The Hall–Kier alpha value is -1.53. The quantitative estimate of drug-likeness (QED) is 0.372. The number of aryl methyl sites for hydroxylation is 1. The molecule has 1 aromatic heterocycles. The van der Waals surface area contributed by atoms with Crippen LogP contribution in [0.1, 0.15) is 44.3 Å². The summed E-state index contributed by atoms with van der Waals surface area (Å²) in [5, 5.41) is 6.51. The molecule has 1 atom stereocenters. The van der Waals surface area contributed by atoms with Crippen LogP contribution >= 0.6 is 0 Å². The lowest BCUT2D eigenvalue weighted by Crippen LogP contribution is -2.40. The Bertz CT molecular complexity index is 446. The summed E-state index contributed by atoms with van der Waals surface area (Å²) in [4.78, 5) is 4.20. The van der Waals surface area contributed by atoms with E-state index in [-0.39, 0.29) is 6.04 Å². The fraction of sp³-hybridized carbons (Fsp3) is 0.706. The Labute approximate surface area is 139 Å². The molecule has 0 spiro atoms. The van der Waals surface area contributed by atoms with Crippen LogP contribution in [0.15, 0.2) is 21.5 Å². The molecule has 6 heteroatoms. The minimum atomic E-state index is 0.0581. The summed E-state index contributed by atoms with van der Waals surface area (Å²) in [6.07, 6.45) is 2.27. The smallest absolute Gasteiger partial charge is 0.191 e. The van der Waals surface area contributed by atoms with Crippen molar-refractivity contribution in [2.75, 3.05) is 40.0 Å². The Morgan fingerprint density at radius 2 is 1.96 bits per heavy atom. The Morgan fingerprint density at radius 3 is 2.57 bits per heavy atom. The number of rotatable bonds is 11. The van der Waals surface area contributed by atoms with Crippen LogP contribution in [0.3, 0.4) is 0 Å². The molecule has 1 aromatic rings. The fourth-order valence-corrected chi connectivity index (χ4v) is 1.97. The predicted molar refractivity (Wildman–Crippen MR) is 92.9 cm³/mol. The second-order valence-electron chi connectivity index (χ2n) is 5.39. The molecule has 23 heavy (non-hydrogen) atoms. The van der Waals surface area contributed by atoms with E-state index >= 15 is 0 Å². The molecule has 1 rings (SSSR count). The monoisotopic (exact) mass is 325 g/mol. The highest BCUT2D eigenvalue weighted by molar-refractivity contribution is 5.79. The Balaban J connectivity index is 2.10. The van der Waals surface area contributed by atoms with Gasteiger partial charge in [-0.2, -0.15) is 0 Å². The molecule has 0 bridgehead atoms. The topological polar surface area (TPSA) is 68.0 Å². The van der Waals surface area contributed by atoms with Gasteiger partial charge < -0.3 is 24.5 Å². The van der Waals surface area contributed by atoms with Crippen LogP contribution in [0.25, 0.3) is 0 Å². The summed E-state index contributed by atoms with van der Waals surface area (Å²) < 4.78 is 16.6. The molecule has 0 saturated carbocycles. The molecular formula is C17H31N3O3. The van der Waals surface area contributed by atoms with E-state index in [9.17, 15) is 0 Å². The highest BCUT2D eigenvalue weighted by Crippen LogP contribution is 2.15. The van der Waals surface area contributed by atoms with Gasteiger partial charge in [-0.3, -0.25) is 4.99 Å². The van der Waals surface area contributed by atoms with Gasteiger partial charge >= 0.3 is 0 Å². The van der Waals surface area contributed by atoms with Crippen molar-refractivity contribution in [3.63, 3.8) is 0 Å². The van der Waals surface area contributed by atoms with E-state index in [0.29, 0.717) is 26.4 Å². The van der Waals surface area contributed by atoms with Crippen molar-refractivity contribution in [1.82, 2.24) is 10.6 Å². The van der Waals surface area contributed by atoms with Crippen molar-refractivity contribution in [1.29, 1.82) is 0 Å². The highest BCUT2D eigenvalue weighted by Gasteiger charge is 2.10. The van der Waals surface area contributed by atoms with Crippen LogP contribution in [0, 0.1) is 6.92 Å². The number of ether oxygens (including phenoxy) is 2. The van der Waals surface area contributed by atoms with Gasteiger partial charge in [-0.25, -0.2) is 0 Å². The molecule has 132 valence electrons. The van der Waals surface area contributed by atoms with Crippen molar-refractivity contribution in [3.05, 3.63) is 23.7 Å². The standard InChI is InChI=1S/C17H31N3O3/c1-5-6-10-21-12-13-22-11-9-19-17(18-4)20-15(3)16-8-7-14(2)23-16/h7-8,15H,5-6,9-13H2,1-4H3,(H2,18,19,20). The molecule has 0 amide bonds. The van der Waals surface area contributed by atoms with Crippen molar-refractivity contribution >= 4 is 5.96 Å². The van der Waals surface area contributed by atoms with Crippen LogP contribution in [0.2, 0.25) is 0 Å². The first-order chi connectivity index (χ1) is 11.2. The minimum absolute atomic E-state index is 0.0581. The van der Waals surface area contributed by atoms with Crippen LogP contribution in [-0.4, -0.2) is 46.0 Å². The molecule has 0 aliphatic heterocycles. The first kappa shape index (κ1) is 19.5. The van der Waals surface area contributed by atoms with E-state index in [1.54, 1.807) is 7.05 Å². The molecule has 0 aromatic carbocycles. The third-order valence-electron chi connectivity index (χ3n) is 3.32. The zero-order valence-corrected chi connectivity index (χ0v) is 14.9. The zero-order valence-electron chi connectivity index (χ0n) is 14.9. The summed E-state index contributed by atoms with van der Waals surface area (Å²) in [6, 6.07) is 3.99. The molecule has 6 nitrogen and oxygen atoms in total. The normalized spacial score (nSPS) is 13.1. The van der Waals surface area contributed by atoms with Gasteiger partial charge in [-0.1, -0.05) is 13.3 Å². The molecule has 1 unspecified atom stereocenters. The van der Waals surface area contributed by atoms with Crippen LogP contribution in [0.4, 0.5) is 0 Å². The summed E-state index contributed by atoms with van der Waals surface area (Å²) in [7, 11) is 1.75. The van der Waals surface area contributed by atoms with Crippen molar-refractivity contribution in [2.45, 2.75) is 39.7 Å². The number of nitrogens with zero attached hydrogens (tertiary/aromatic N) is 1. The molecule has 0 saturated heterocycles. The first-order valence-electron chi connectivity index (χ1n) is 8.36. The van der Waals surface area contributed by atoms with Gasteiger partial charge in [0.25, 0.3) is 0 Å². The van der Waals surface area contributed by atoms with Crippen LogP contribution < -0.4 is 10.6 Å². The van der Waals surface area contributed by atoms with E-state index in [2.05, 4.69) is 22.5 Å². The second-order valence-corrected chi connectivity index (χ2v) is 5.39. The van der Waals surface area contributed by atoms with Crippen molar-refractivity contribution in [2.24, 2.45) is 4.99 Å². The van der Waals surface area contributed by atoms with Crippen LogP contribution in [-0.2, 0) is 9.47 Å². The van der Waals surface area contributed by atoms with Gasteiger partial charge in [0.05, 0.1) is 25.9 Å². The number of hydrogen-bond acceptors (Lipinski definition) is 4. The SMILES string of the molecule is CCCCOCCOCCNC(=NC)NC(C)c1ccc(C)o1. The summed E-state index contributed by atoms with van der Waals surface area (Å²) in [5.41, 5.74) is 0. The minimum Gasteiger partial charge on any atom is -0.464 e. The van der Waals surface area contributed by atoms with E-state index in [4.69, 9.17) is 13.9 Å². The van der Waals surface area contributed by atoms with Crippen molar-refractivity contribution in [3.8, 4) is 0 Å². The molecule has 2 N–H and O–H groups in total. The summed E-state index contributed by atoms with van der Waals surface area (Å²) in [6.45, 7) is 9.53. The molecular weight excluding hydrogens is 294 g/mol. The molecule has 0 fully saturated rings. The molecule has 0 aliphatic carbocycles. The number of nitrogens with one attached hydrogen (secondary N) is 2. The van der Waals surface area contributed by atoms with E-state index < -0.39 is 0 Å². The molecule has 0 aliphatic rings.